The predicted molar refractivity (Wildman–Crippen MR) is 181 cm³/mol. The molecule has 0 unspecified atom stereocenters. The van der Waals surface area contributed by atoms with Crippen LogP contribution in [-0.2, 0) is 43.2 Å². The number of carboxylic acids is 1. The minimum absolute atomic E-state index is 0.391. The Labute approximate surface area is 295 Å². The van der Waals surface area contributed by atoms with Crippen LogP contribution in [0.15, 0.2) is 0 Å². The fourth-order valence-electron chi connectivity index (χ4n) is 3.93. The molecule has 9 atom stereocenters. The van der Waals surface area contributed by atoms with Gasteiger partial charge in [0.05, 0.1) is 12.6 Å². The molecule has 0 saturated carbocycles. The van der Waals surface area contributed by atoms with E-state index in [4.69, 9.17) is 21.7 Å². The number of carboxylic acid groups (broad SMARTS) is 1. The minimum atomic E-state index is -1.57. The van der Waals surface area contributed by atoms with Gasteiger partial charge in [-0.15, -0.1) is 0 Å². The zero-order valence-electron chi connectivity index (χ0n) is 30.0. The number of unbranched alkanes of at least 4 members (excludes halogenated alkanes) is 1. The van der Waals surface area contributed by atoms with Gasteiger partial charge in [-0.25, -0.2) is 4.79 Å². The molecule has 0 heterocycles. The van der Waals surface area contributed by atoms with Crippen LogP contribution >= 0.6 is 0 Å². The fraction of sp³-hybridized carbons (Fsp3) is 0.700. The largest absolute Gasteiger partial charge is 0.480 e. The molecule has 0 radical (unpaired) electrons. The van der Waals surface area contributed by atoms with E-state index in [1.165, 1.54) is 48.5 Å². The van der Waals surface area contributed by atoms with Crippen molar-refractivity contribution in [1.82, 2.24) is 42.5 Å². The van der Waals surface area contributed by atoms with Gasteiger partial charge in [-0.2, -0.15) is 0 Å². The van der Waals surface area contributed by atoms with E-state index in [1.807, 2.05) is 5.32 Å². The Bertz CT molecular complexity index is 1270. The molecule has 0 aromatic carbocycles. The van der Waals surface area contributed by atoms with Crippen LogP contribution < -0.4 is 54.0 Å². The highest BCUT2D eigenvalue weighted by atomic mass is 16.4. The highest BCUT2D eigenvalue weighted by Crippen LogP contribution is 2.00. The molecule has 8 amide bonds. The summed E-state index contributed by atoms with van der Waals surface area (Å²) in [6.07, 6.45) is 1.74. The standard InChI is InChI=1S/C30H54N10O11/c1-13(22(42)34-15(3)24(44)36-17(5)26(46)38-19(7)28(48)40-21(12-41)30(50)51)33-23(43)14(2)35-25(45)16(4)37-27(47)18(6)39-29(49)20(32)10-8-9-11-31/h13-21,41H,8-12,31-32H2,1-7H3,(H,33,43)(H,34,42)(H,35,45)(H,36,44)(H,37,47)(H,38,46)(H,39,49)(H,40,48)(H,50,51)/t13-,14-,15-,16-,17-,18-,19-,20-,21-/m0/s1. The van der Waals surface area contributed by atoms with Crippen molar-refractivity contribution in [1.29, 1.82) is 0 Å². The van der Waals surface area contributed by atoms with Crippen molar-refractivity contribution >= 4 is 53.2 Å². The van der Waals surface area contributed by atoms with Gasteiger partial charge in [0.15, 0.2) is 0 Å². The first-order valence-corrected chi connectivity index (χ1v) is 16.4. The van der Waals surface area contributed by atoms with Crippen molar-refractivity contribution in [2.45, 2.75) is 122 Å². The van der Waals surface area contributed by atoms with Crippen molar-refractivity contribution in [2.75, 3.05) is 13.2 Å². The molecule has 0 aromatic rings. The second-order valence-electron chi connectivity index (χ2n) is 12.1. The average molecular weight is 731 g/mol. The van der Waals surface area contributed by atoms with Crippen LogP contribution in [0.3, 0.4) is 0 Å². The third-order valence-corrected chi connectivity index (χ3v) is 7.37. The van der Waals surface area contributed by atoms with E-state index in [0.717, 1.165) is 0 Å². The van der Waals surface area contributed by atoms with Crippen LogP contribution in [0.5, 0.6) is 0 Å². The number of hydrogen-bond acceptors (Lipinski definition) is 12. The first kappa shape index (κ1) is 46.1. The molecule has 0 aliphatic rings. The lowest BCUT2D eigenvalue weighted by Gasteiger charge is -2.23. The predicted octanol–water partition coefficient (Wildman–Crippen LogP) is -5.46. The Morgan fingerprint density at radius 3 is 0.961 bits per heavy atom. The van der Waals surface area contributed by atoms with Gasteiger partial charge >= 0.3 is 5.97 Å². The van der Waals surface area contributed by atoms with Crippen molar-refractivity contribution in [2.24, 2.45) is 11.5 Å². The van der Waals surface area contributed by atoms with Crippen molar-refractivity contribution < 1.29 is 53.4 Å². The Hall–Kier alpha value is -4.89. The highest BCUT2D eigenvalue weighted by molar-refractivity contribution is 5.97. The number of amides is 8. The molecular formula is C30H54N10O11. The van der Waals surface area contributed by atoms with Gasteiger partial charge in [0.2, 0.25) is 47.3 Å². The first-order valence-electron chi connectivity index (χ1n) is 16.4. The molecule has 21 nitrogen and oxygen atoms in total. The summed E-state index contributed by atoms with van der Waals surface area (Å²) < 4.78 is 0. The van der Waals surface area contributed by atoms with Crippen LogP contribution in [0.2, 0.25) is 0 Å². The molecule has 21 heteroatoms. The molecule has 0 saturated heterocycles. The van der Waals surface area contributed by atoms with Crippen molar-refractivity contribution in [3.8, 4) is 0 Å². The Balaban J connectivity index is 4.83. The molecule has 14 N–H and O–H groups in total. The fourth-order valence-corrected chi connectivity index (χ4v) is 3.93. The number of carbonyl (C=O) groups is 9. The van der Waals surface area contributed by atoms with E-state index in [0.29, 0.717) is 25.8 Å². The van der Waals surface area contributed by atoms with E-state index in [1.54, 1.807) is 0 Å². The van der Waals surface area contributed by atoms with E-state index in [9.17, 15) is 43.2 Å². The maximum absolute atomic E-state index is 12.7. The Morgan fingerprint density at radius 2 is 0.725 bits per heavy atom. The number of nitrogens with two attached hydrogens (primary N) is 2. The zero-order chi connectivity index (χ0) is 39.6. The Kier molecular flexibility index (Phi) is 20.6. The lowest BCUT2D eigenvalue weighted by Crippen LogP contribution is -2.58. The van der Waals surface area contributed by atoms with E-state index in [2.05, 4.69) is 37.2 Å². The maximum atomic E-state index is 12.7. The summed E-state index contributed by atoms with van der Waals surface area (Å²) in [7, 11) is 0. The van der Waals surface area contributed by atoms with Gasteiger partial charge in [0.1, 0.15) is 48.3 Å². The summed E-state index contributed by atoms with van der Waals surface area (Å²) >= 11 is 0. The molecule has 0 aliphatic heterocycles. The normalized spacial score (nSPS) is 16.1. The van der Waals surface area contributed by atoms with E-state index < -0.39 is 114 Å². The van der Waals surface area contributed by atoms with Crippen LogP contribution in [0.4, 0.5) is 0 Å². The second-order valence-corrected chi connectivity index (χ2v) is 12.1. The molecule has 0 aromatic heterocycles. The molecule has 290 valence electrons. The van der Waals surface area contributed by atoms with Gasteiger partial charge in [-0.05, 0) is 67.9 Å². The maximum Gasteiger partial charge on any atom is 0.328 e. The molecule has 0 spiro atoms. The number of rotatable bonds is 22. The molecule has 0 bridgehead atoms. The number of hydrogen-bond donors (Lipinski definition) is 12. The van der Waals surface area contributed by atoms with Gasteiger partial charge in [-0.3, -0.25) is 38.4 Å². The summed E-state index contributed by atoms with van der Waals surface area (Å²) in [6.45, 7) is 8.91. The second kappa shape index (κ2) is 22.8. The Morgan fingerprint density at radius 1 is 0.471 bits per heavy atom. The summed E-state index contributed by atoms with van der Waals surface area (Å²) in [5, 5.41) is 36.7. The molecule has 0 aliphatic carbocycles. The summed E-state index contributed by atoms with van der Waals surface area (Å²) in [5.74, 6) is -7.42. The van der Waals surface area contributed by atoms with Crippen LogP contribution in [0.1, 0.15) is 67.7 Å². The zero-order valence-corrected chi connectivity index (χ0v) is 30.0. The minimum Gasteiger partial charge on any atom is -0.480 e. The van der Waals surface area contributed by atoms with Gasteiger partial charge in [-0.1, -0.05) is 6.42 Å². The number of aliphatic hydroxyl groups excluding tert-OH is 1. The van der Waals surface area contributed by atoms with E-state index >= 15 is 0 Å². The molecule has 0 fully saturated rings. The molecule has 0 rings (SSSR count). The third kappa shape index (κ3) is 17.1. The number of carbonyl (C=O) groups excluding carboxylic acids is 8. The van der Waals surface area contributed by atoms with Crippen LogP contribution in [0.25, 0.3) is 0 Å². The quantitative estimate of drug-likeness (QED) is 0.0463. The van der Waals surface area contributed by atoms with Gasteiger partial charge in [0.25, 0.3) is 0 Å². The average Bonchev–Trinajstić information content (AvgIpc) is 3.06. The van der Waals surface area contributed by atoms with Crippen molar-refractivity contribution in [3.63, 3.8) is 0 Å². The van der Waals surface area contributed by atoms with Gasteiger partial charge < -0.3 is 64.2 Å². The highest BCUT2D eigenvalue weighted by Gasteiger charge is 2.29. The topological polar surface area (TPSA) is 342 Å². The number of nitrogens with one attached hydrogen (secondary N) is 8. The third-order valence-electron chi connectivity index (χ3n) is 7.37. The van der Waals surface area contributed by atoms with Crippen LogP contribution in [0, 0.1) is 0 Å². The van der Waals surface area contributed by atoms with Gasteiger partial charge in [0, 0.05) is 0 Å². The molecular weight excluding hydrogens is 676 g/mol. The number of aliphatic carboxylic acids is 1. The number of aliphatic hydroxyl groups is 1. The SMILES string of the molecule is C[C@H](NC(=O)[C@H](C)NC(=O)[C@H](C)NC(=O)[C@H](C)NC(=O)[C@@H](N)CCCCN)C(=O)N[C@@H](C)C(=O)N[C@@H](C)C(=O)N[C@@H](C)C(=O)N[C@@H](CO)C(=O)O. The smallest absolute Gasteiger partial charge is 0.328 e. The van der Waals surface area contributed by atoms with Crippen LogP contribution in [-0.4, -0.2) is 131 Å². The summed E-state index contributed by atoms with van der Waals surface area (Å²) in [4.78, 5) is 111. The lowest BCUT2D eigenvalue weighted by molar-refractivity contribution is -0.143. The summed E-state index contributed by atoms with van der Waals surface area (Å²) in [6, 6.07) is -10.4. The molecule has 51 heavy (non-hydrogen) atoms. The monoisotopic (exact) mass is 730 g/mol. The first-order chi connectivity index (χ1) is 23.7. The van der Waals surface area contributed by atoms with Crippen molar-refractivity contribution in [3.05, 3.63) is 0 Å². The summed E-state index contributed by atoms with van der Waals surface area (Å²) in [5.41, 5.74) is 11.3. The van der Waals surface area contributed by atoms with E-state index in [-0.39, 0.29) is 0 Å². The lowest BCUT2D eigenvalue weighted by atomic mass is 10.1.